The number of benzene rings is 1. The quantitative estimate of drug-likeness (QED) is 0.844. The number of piperazine rings is 1. The number of methoxy groups -OCH3 is 1. The maximum atomic E-state index is 14.2. The Labute approximate surface area is 127 Å². The van der Waals surface area contributed by atoms with E-state index in [1.807, 2.05) is 4.90 Å². The van der Waals surface area contributed by atoms with Crippen molar-refractivity contribution in [3.63, 3.8) is 0 Å². The lowest BCUT2D eigenvalue weighted by Gasteiger charge is -2.35. The molecule has 3 nitrogen and oxygen atoms in total. The molecule has 1 aromatic rings. The van der Waals surface area contributed by atoms with E-state index in [0.29, 0.717) is 31.9 Å². The third-order valence-electron chi connectivity index (χ3n) is 3.86. The number of hydrogen-bond acceptors (Lipinski definition) is 3. The van der Waals surface area contributed by atoms with Gasteiger partial charge < -0.3 is 10.1 Å². The van der Waals surface area contributed by atoms with Crippen LogP contribution >= 0.6 is 0 Å². The minimum Gasteiger partial charge on any atom is -0.497 e. The Morgan fingerprint density at radius 3 is 2.55 bits per heavy atom. The molecule has 22 heavy (non-hydrogen) atoms. The van der Waals surface area contributed by atoms with Gasteiger partial charge in [-0.05, 0) is 24.6 Å². The molecular formula is C15H20F4N2O. The maximum absolute atomic E-state index is 14.2. The summed E-state index contributed by atoms with van der Waals surface area (Å²) in [4.78, 5) is 1.90. The van der Waals surface area contributed by atoms with Crippen molar-refractivity contribution in [1.29, 1.82) is 0 Å². The van der Waals surface area contributed by atoms with Crippen LogP contribution in [0.15, 0.2) is 18.2 Å². The molecule has 1 heterocycles. The van der Waals surface area contributed by atoms with Gasteiger partial charge in [0.15, 0.2) is 0 Å². The number of halogens is 4. The minimum atomic E-state index is -4.25. The SMILES string of the molecule is COc1ccc(F)c([C@H](CCC(F)(F)F)N2CCNCC2)c1. The Bertz CT molecular complexity index is 487. The van der Waals surface area contributed by atoms with Gasteiger partial charge in [-0.3, -0.25) is 4.90 Å². The number of rotatable bonds is 5. The molecule has 1 atom stereocenters. The summed E-state index contributed by atoms with van der Waals surface area (Å²) in [6.07, 6.45) is -5.34. The second-order valence-corrected chi connectivity index (χ2v) is 5.34. The van der Waals surface area contributed by atoms with Gasteiger partial charge in [0.25, 0.3) is 0 Å². The number of hydrogen-bond donors (Lipinski definition) is 1. The molecule has 1 aliphatic rings. The highest BCUT2D eigenvalue weighted by atomic mass is 19.4. The first-order valence-corrected chi connectivity index (χ1v) is 7.25. The predicted octanol–water partition coefficient (Wildman–Crippen LogP) is 3.12. The predicted molar refractivity (Wildman–Crippen MR) is 75.4 cm³/mol. The summed E-state index contributed by atoms with van der Waals surface area (Å²) >= 11 is 0. The molecule has 0 unspecified atom stereocenters. The first kappa shape index (κ1) is 17.0. The van der Waals surface area contributed by atoms with Crippen LogP contribution in [0, 0.1) is 5.82 Å². The summed E-state index contributed by atoms with van der Waals surface area (Å²) in [5, 5.41) is 3.15. The second-order valence-electron chi connectivity index (χ2n) is 5.34. The Morgan fingerprint density at radius 1 is 1.27 bits per heavy atom. The van der Waals surface area contributed by atoms with E-state index in [9.17, 15) is 17.6 Å². The Kier molecular flexibility index (Phi) is 5.63. The molecule has 0 aromatic heterocycles. The molecule has 1 fully saturated rings. The summed E-state index contributed by atoms with van der Waals surface area (Å²) in [6, 6.07) is 3.62. The van der Waals surface area contributed by atoms with Crippen molar-refractivity contribution >= 4 is 0 Å². The van der Waals surface area contributed by atoms with Crippen molar-refractivity contribution in [2.75, 3.05) is 33.3 Å². The zero-order valence-electron chi connectivity index (χ0n) is 12.4. The highest BCUT2D eigenvalue weighted by molar-refractivity contribution is 5.32. The van der Waals surface area contributed by atoms with Crippen molar-refractivity contribution in [1.82, 2.24) is 10.2 Å². The van der Waals surface area contributed by atoms with E-state index in [4.69, 9.17) is 4.74 Å². The molecule has 2 rings (SSSR count). The first-order valence-electron chi connectivity index (χ1n) is 7.25. The van der Waals surface area contributed by atoms with Gasteiger partial charge in [0, 0.05) is 44.2 Å². The lowest BCUT2D eigenvalue weighted by atomic mass is 9.98. The summed E-state index contributed by atoms with van der Waals surface area (Å²) < 4.78 is 57.0. The standard InChI is InChI=1S/C15H20F4N2O/c1-22-11-2-3-13(16)12(10-11)14(4-5-15(17,18)19)21-8-6-20-7-9-21/h2-3,10,14,20H,4-9H2,1H3/t14-/m0/s1. The Morgan fingerprint density at radius 2 is 1.95 bits per heavy atom. The first-order chi connectivity index (χ1) is 10.4. The number of nitrogens with one attached hydrogen (secondary N) is 1. The van der Waals surface area contributed by atoms with E-state index in [0.717, 1.165) is 0 Å². The molecule has 0 bridgehead atoms. The van der Waals surface area contributed by atoms with Crippen LogP contribution in [-0.2, 0) is 0 Å². The molecule has 124 valence electrons. The van der Waals surface area contributed by atoms with E-state index in [1.54, 1.807) is 0 Å². The van der Waals surface area contributed by atoms with Gasteiger partial charge in [-0.25, -0.2) is 4.39 Å². The zero-order valence-corrected chi connectivity index (χ0v) is 12.4. The molecule has 0 radical (unpaired) electrons. The van der Waals surface area contributed by atoms with Crippen molar-refractivity contribution in [2.45, 2.75) is 25.1 Å². The van der Waals surface area contributed by atoms with Crippen molar-refractivity contribution in [2.24, 2.45) is 0 Å². The van der Waals surface area contributed by atoms with E-state index < -0.39 is 24.5 Å². The van der Waals surface area contributed by atoms with Gasteiger partial charge in [-0.2, -0.15) is 13.2 Å². The van der Waals surface area contributed by atoms with Crippen LogP contribution in [0.5, 0.6) is 5.75 Å². The molecule has 1 aromatic carbocycles. The summed E-state index contributed by atoms with van der Waals surface area (Å²) in [5.41, 5.74) is 0.269. The Balaban J connectivity index is 2.25. The van der Waals surface area contributed by atoms with E-state index in [1.165, 1.54) is 25.3 Å². The van der Waals surface area contributed by atoms with Crippen LogP contribution in [0.2, 0.25) is 0 Å². The van der Waals surface area contributed by atoms with Crippen molar-refractivity contribution in [3.8, 4) is 5.75 Å². The van der Waals surface area contributed by atoms with Crippen LogP contribution in [0.4, 0.5) is 17.6 Å². The highest BCUT2D eigenvalue weighted by Crippen LogP contribution is 2.34. The van der Waals surface area contributed by atoms with E-state index in [-0.39, 0.29) is 12.0 Å². The average Bonchev–Trinajstić information content (AvgIpc) is 2.49. The number of nitrogens with zero attached hydrogens (tertiary/aromatic N) is 1. The molecule has 1 N–H and O–H groups in total. The lowest BCUT2D eigenvalue weighted by Crippen LogP contribution is -2.45. The van der Waals surface area contributed by atoms with Crippen LogP contribution in [0.25, 0.3) is 0 Å². The monoisotopic (exact) mass is 320 g/mol. The molecule has 7 heteroatoms. The van der Waals surface area contributed by atoms with Crippen LogP contribution < -0.4 is 10.1 Å². The molecule has 1 aliphatic heterocycles. The molecule has 1 saturated heterocycles. The third-order valence-corrected chi connectivity index (χ3v) is 3.86. The summed E-state index contributed by atoms with van der Waals surface area (Å²) in [5.74, 6) is -0.0462. The summed E-state index contributed by atoms with van der Waals surface area (Å²) in [6.45, 7) is 2.57. The number of ether oxygens (including phenoxy) is 1. The third kappa shape index (κ3) is 4.58. The molecule has 0 amide bonds. The van der Waals surface area contributed by atoms with Gasteiger partial charge in [-0.15, -0.1) is 0 Å². The van der Waals surface area contributed by atoms with Gasteiger partial charge in [0.2, 0.25) is 0 Å². The van der Waals surface area contributed by atoms with Gasteiger partial charge in [0.1, 0.15) is 11.6 Å². The highest BCUT2D eigenvalue weighted by Gasteiger charge is 2.32. The normalized spacial score (nSPS) is 18.2. The fraction of sp³-hybridized carbons (Fsp3) is 0.600. The van der Waals surface area contributed by atoms with Gasteiger partial charge in [-0.1, -0.05) is 0 Å². The maximum Gasteiger partial charge on any atom is 0.389 e. The fourth-order valence-electron chi connectivity index (χ4n) is 2.73. The second kappa shape index (κ2) is 7.28. The molecule has 0 spiro atoms. The average molecular weight is 320 g/mol. The smallest absolute Gasteiger partial charge is 0.389 e. The van der Waals surface area contributed by atoms with E-state index in [2.05, 4.69) is 5.32 Å². The van der Waals surface area contributed by atoms with Crippen LogP contribution in [-0.4, -0.2) is 44.4 Å². The minimum absolute atomic E-state index is 0.159. The zero-order chi connectivity index (χ0) is 16.2. The van der Waals surface area contributed by atoms with Crippen molar-refractivity contribution < 1.29 is 22.3 Å². The largest absolute Gasteiger partial charge is 0.497 e. The number of alkyl halides is 3. The summed E-state index contributed by atoms with van der Waals surface area (Å²) in [7, 11) is 1.45. The van der Waals surface area contributed by atoms with Gasteiger partial charge in [0.05, 0.1) is 7.11 Å². The molecule has 0 aliphatic carbocycles. The topological polar surface area (TPSA) is 24.5 Å². The molecular weight excluding hydrogens is 300 g/mol. The van der Waals surface area contributed by atoms with Gasteiger partial charge >= 0.3 is 6.18 Å². The van der Waals surface area contributed by atoms with Crippen LogP contribution in [0.1, 0.15) is 24.4 Å². The molecule has 0 saturated carbocycles. The van der Waals surface area contributed by atoms with Crippen molar-refractivity contribution in [3.05, 3.63) is 29.6 Å². The van der Waals surface area contributed by atoms with E-state index >= 15 is 0 Å². The lowest BCUT2D eigenvalue weighted by molar-refractivity contribution is -0.138. The Hall–Kier alpha value is -1.34. The fourth-order valence-corrected chi connectivity index (χ4v) is 2.73. The van der Waals surface area contributed by atoms with Crippen LogP contribution in [0.3, 0.4) is 0 Å².